The molecular formula is C19H32O9. The Morgan fingerprint density at radius 1 is 1.21 bits per heavy atom. The molecule has 2 rings (SSSR count). The van der Waals surface area contributed by atoms with Gasteiger partial charge >= 0.3 is 0 Å². The van der Waals surface area contributed by atoms with E-state index in [1.165, 1.54) is 12.2 Å². The third-order valence-electron chi connectivity index (χ3n) is 5.91. The quantitative estimate of drug-likeness (QED) is 0.289. The molecule has 1 heterocycles. The average Bonchev–Trinajstić information content (AvgIpc) is 2.62. The van der Waals surface area contributed by atoms with Gasteiger partial charge in [-0.1, -0.05) is 32.9 Å². The van der Waals surface area contributed by atoms with E-state index in [4.69, 9.17) is 9.47 Å². The number of hydrogen-bond donors (Lipinski definition) is 6. The third kappa shape index (κ3) is 4.47. The third-order valence-corrected chi connectivity index (χ3v) is 5.91. The molecule has 9 nitrogen and oxygen atoms in total. The van der Waals surface area contributed by atoms with Crippen LogP contribution < -0.4 is 0 Å². The van der Waals surface area contributed by atoms with Crippen LogP contribution in [0.1, 0.15) is 33.6 Å². The van der Waals surface area contributed by atoms with Crippen molar-refractivity contribution in [3.8, 4) is 0 Å². The van der Waals surface area contributed by atoms with Crippen molar-refractivity contribution in [2.75, 3.05) is 13.2 Å². The van der Waals surface area contributed by atoms with E-state index in [2.05, 4.69) is 0 Å². The molecule has 0 amide bonds. The Labute approximate surface area is 164 Å². The van der Waals surface area contributed by atoms with Crippen LogP contribution >= 0.6 is 0 Å². The molecular weight excluding hydrogens is 372 g/mol. The van der Waals surface area contributed by atoms with Gasteiger partial charge in [0.25, 0.3) is 0 Å². The zero-order chi connectivity index (χ0) is 21.3. The SMILES string of the molecule is C[C@@H]1CC(=O)CC(C)(C)[C@@]1(O)/C=C/[C@H](CO)O[C@@H]1O[C@H](CO)[C@@H](O)[C@H](O)[C@H]1O. The highest BCUT2D eigenvalue weighted by atomic mass is 16.7. The summed E-state index contributed by atoms with van der Waals surface area (Å²) < 4.78 is 10.8. The van der Waals surface area contributed by atoms with E-state index in [0.717, 1.165) is 0 Å². The van der Waals surface area contributed by atoms with Crippen molar-refractivity contribution in [3.63, 3.8) is 0 Å². The standard InChI is InChI=1S/C19H32O9/c1-10-6-11(22)7-18(2,3)19(10,26)5-4-12(8-20)27-17-16(25)15(24)14(23)13(9-21)28-17/h4-5,10,12-17,20-21,23-26H,6-9H2,1-3H3/b5-4+/t10-,12-,13-,14-,15+,16-,17-,19-/m1/s1. The van der Waals surface area contributed by atoms with E-state index >= 15 is 0 Å². The van der Waals surface area contributed by atoms with Crippen molar-refractivity contribution < 1.29 is 44.9 Å². The van der Waals surface area contributed by atoms with Gasteiger partial charge in [0.15, 0.2) is 6.29 Å². The Bertz CT molecular complexity index is 576. The van der Waals surface area contributed by atoms with Crippen LogP contribution in [0.2, 0.25) is 0 Å². The molecule has 0 aromatic heterocycles. The Kier molecular flexibility index (Phi) is 7.38. The molecule has 162 valence electrons. The van der Waals surface area contributed by atoms with Gasteiger partial charge in [-0.15, -0.1) is 0 Å². The lowest BCUT2D eigenvalue weighted by Gasteiger charge is -2.48. The Morgan fingerprint density at radius 2 is 1.86 bits per heavy atom. The molecule has 0 bridgehead atoms. The predicted molar refractivity (Wildman–Crippen MR) is 97.0 cm³/mol. The summed E-state index contributed by atoms with van der Waals surface area (Å²) in [7, 11) is 0. The van der Waals surface area contributed by atoms with Crippen LogP contribution in [0.15, 0.2) is 12.2 Å². The molecule has 0 spiro atoms. The average molecular weight is 404 g/mol. The van der Waals surface area contributed by atoms with E-state index in [-0.39, 0.29) is 24.5 Å². The van der Waals surface area contributed by atoms with E-state index in [1.54, 1.807) is 20.8 Å². The Hall–Kier alpha value is -0.910. The monoisotopic (exact) mass is 404 g/mol. The first-order chi connectivity index (χ1) is 13.0. The van der Waals surface area contributed by atoms with E-state index < -0.39 is 61.0 Å². The van der Waals surface area contributed by atoms with Crippen LogP contribution in [0.4, 0.5) is 0 Å². The van der Waals surface area contributed by atoms with E-state index in [1.807, 2.05) is 0 Å². The highest BCUT2D eigenvalue weighted by molar-refractivity contribution is 5.81. The van der Waals surface area contributed by atoms with Gasteiger partial charge in [0, 0.05) is 18.3 Å². The zero-order valence-electron chi connectivity index (χ0n) is 16.4. The van der Waals surface area contributed by atoms with Crippen LogP contribution in [-0.4, -0.2) is 92.0 Å². The number of rotatable bonds is 6. The summed E-state index contributed by atoms with van der Waals surface area (Å²) in [6.45, 7) is 4.25. The summed E-state index contributed by atoms with van der Waals surface area (Å²) >= 11 is 0. The van der Waals surface area contributed by atoms with Gasteiger partial charge in [0.05, 0.1) is 18.8 Å². The van der Waals surface area contributed by atoms with Gasteiger partial charge in [0.2, 0.25) is 0 Å². The number of aliphatic hydroxyl groups excluding tert-OH is 5. The summed E-state index contributed by atoms with van der Waals surface area (Å²) in [4.78, 5) is 11.9. The Morgan fingerprint density at radius 3 is 2.39 bits per heavy atom. The second kappa shape index (κ2) is 8.85. The normalized spacial score (nSPS) is 42.7. The predicted octanol–water partition coefficient (Wildman–Crippen LogP) is -1.52. The summed E-state index contributed by atoms with van der Waals surface area (Å²) in [5, 5.41) is 59.7. The molecule has 1 aliphatic carbocycles. The van der Waals surface area contributed by atoms with Gasteiger partial charge in [-0.2, -0.15) is 0 Å². The fraction of sp³-hybridized carbons (Fsp3) is 0.842. The molecule has 1 saturated carbocycles. The maximum Gasteiger partial charge on any atom is 0.187 e. The molecule has 28 heavy (non-hydrogen) atoms. The lowest BCUT2D eigenvalue weighted by Crippen LogP contribution is -2.59. The fourth-order valence-electron chi connectivity index (χ4n) is 4.02. The Balaban J connectivity index is 2.14. The van der Waals surface area contributed by atoms with Crippen molar-refractivity contribution >= 4 is 5.78 Å². The molecule has 0 unspecified atom stereocenters. The highest BCUT2D eigenvalue weighted by Gasteiger charge is 2.51. The van der Waals surface area contributed by atoms with Gasteiger partial charge in [-0.05, 0) is 5.92 Å². The summed E-state index contributed by atoms with van der Waals surface area (Å²) in [5.74, 6) is -0.265. The number of ether oxygens (including phenoxy) is 2. The number of ketones is 1. The molecule has 2 fully saturated rings. The molecule has 1 aliphatic heterocycles. The first-order valence-corrected chi connectivity index (χ1v) is 9.47. The number of hydrogen-bond acceptors (Lipinski definition) is 9. The molecule has 0 radical (unpaired) electrons. The topological polar surface area (TPSA) is 157 Å². The van der Waals surface area contributed by atoms with E-state index in [9.17, 15) is 35.4 Å². The van der Waals surface area contributed by atoms with Crippen LogP contribution in [0.3, 0.4) is 0 Å². The van der Waals surface area contributed by atoms with Crippen molar-refractivity contribution in [3.05, 3.63) is 12.2 Å². The van der Waals surface area contributed by atoms with Crippen molar-refractivity contribution in [1.29, 1.82) is 0 Å². The summed E-state index contributed by atoms with van der Waals surface area (Å²) in [6, 6.07) is 0. The molecule has 0 aromatic rings. The first kappa shape index (κ1) is 23.4. The second-order valence-electron chi connectivity index (χ2n) is 8.44. The lowest BCUT2D eigenvalue weighted by atomic mass is 9.60. The molecule has 2 aliphatic rings. The maximum absolute atomic E-state index is 11.9. The fourth-order valence-corrected chi connectivity index (χ4v) is 4.02. The zero-order valence-corrected chi connectivity index (χ0v) is 16.4. The largest absolute Gasteiger partial charge is 0.394 e. The van der Waals surface area contributed by atoms with Crippen LogP contribution in [0.5, 0.6) is 0 Å². The highest BCUT2D eigenvalue weighted by Crippen LogP contribution is 2.46. The van der Waals surface area contributed by atoms with Gasteiger partial charge < -0.3 is 40.1 Å². The summed E-state index contributed by atoms with van der Waals surface area (Å²) in [5.41, 5.74) is -2.03. The van der Waals surface area contributed by atoms with Crippen LogP contribution in [0.25, 0.3) is 0 Å². The molecule has 0 aromatic carbocycles. The van der Waals surface area contributed by atoms with Gasteiger partial charge in [-0.25, -0.2) is 0 Å². The summed E-state index contributed by atoms with van der Waals surface area (Å²) in [6.07, 6.45) is -4.83. The molecule has 6 N–H and O–H groups in total. The van der Waals surface area contributed by atoms with Crippen molar-refractivity contribution in [1.82, 2.24) is 0 Å². The second-order valence-corrected chi connectivity index (χ2v) is 8.44. The molecule has 1 saturated heterocycles. The van der Waals surface area contributed by atoms with Crippen LogP contribution in [0, 0.1) is 11.3 Å². The minimum absolute atomic E-state index is 0.0758. The first-order valence-electron chi connectivity index (χ1n) is 9.47. The van der Waals surface area contributed by atoms with Crippen molar-refractivity contribution in [2.24, 2.45) is 11.3 Å². The number of carbonyl (C=O) groups is 1. The number of Topliss-reactive ketones (excluding diaryl/α,β-unsaturated/α-hetero) is 1. The molecule has 8 atom stereocenters. The molecule has 9 heteroatoms. The van der Waals surface area contributed by atoms with Gasteiger partial charge in [-0.3, -0.25) is 4.79 Å². The lowest BCUT2D eigenvalue weighted by molar-refractivity contribution is -0.309. The van der Waals surface area contributed by atoms with Crippen molar-refractivity contribution in [2.45, 2.75) is 76.0 Å². The number of aliphatic hydroxyl groups is 6. The maximum atomic E-state index is 11.9. The minimum Gasteiger partial charge on any atom is -0.394 e. The van der Waals surface area contributed by atoms with Crippen LogP contribution in [-0.2, 0) is 14.3 Å². The number of carbonyl (C=O) groups excluding carboxylic acids is 1. The van der Waals surface area contributed by atoms with E-state index in [0.29, 0.717) is 0 Å². The smallest absolute Gasteiger partial charge is 0.187 e. The van der Waals surface area contributed by atoms with Gasteiger partial charge in [0.1, 0.15) is 36.3 Å². The minimum atomic E-state index is -1.59.